The standard InChI is InChI=1S/C16H19N5S/c1-3-14-10-19-15(22-14)11-21-16(18-2)20-9-13-6-4-5-12(7-13)8-17/h4-7,10H,3,9,11H2,1-2H3,(H2,18,20,21). The van der Waals surface area contributed by atoms with Crippen molar-refractivity contribution in [3.05, 3.63) is 51.5 Å². The van der Waals surface area contributed by atoms with Crippen LogP contribution in [0.5, 0.6) is 0 Å². The summed E-state index contributed by atoms with van der Waals surface area (Å²) in [6.07, 6.45) is 2.94. The molecule has 0 saturated heterocycles. The summed E-state index contributed by atoms with van der Waals surface area (Å²) in [5.74, 6) is 0.718. The van der Waals surface area contributed by atoms with Gasteiger partial charge in [0.15, 0.2) is 5.96 Å². The fourth-order valence-corrected chi connectivity index (χ4v) is 2.71. The van der Waals surface area contributed by atoms with Gasteiger partial charge in [0.2, 0.25) is 0 Å². The Morgan fingerprint density at radius 3 is 2.86 bits per heavy atom. The number of aromatic nitrogens is 1. The molecule has 0 saturated carbocycles. The third kappa shape index (κ3) is 4.57. The first kappa shape index (κ1) is 16.0. The minimum absolute atomic E-state index is 0.618. The zero-order chi connectivity index (χ0) is 15.8. The largest absolute Gasteiger partial charge is 0.352 e. The summed E-state index contributed by atoms with van der Waals surface area (Å²) in [5.41, 5.74) is 1.71. The average molecular weight is 313 g/mol. The maximum Gasteiger partial charge on any atom is 0.191 e. The van der Waals surface area contributed by atoms with Gasteiger partial charge in [-0.2, -0.15) is 5.26 Å². The molecule has 1 heterocycles. The first-order chi connectivity index (χ1) is 10.7. The van der Waals surface area contributed by atoms with Gasteiger partial charge < -0.3 is 10.6 Å². The molecule has 2 rings (SSSR count). The van der Waals surface area contributed by atoms with Gasteiger partial charge in [-0.3, -0.25) is 4.99 Å². The van der Waals surface area contributed by atoms with Crippen molar-refractivity contribution >= 4 is 17.3 Å². The van der Waals surface area contributed by atoms with Crippen molar-refractivity contribution in [1.29, 1.82) is 5.26 Å². The van der Waals surface area contributed by atoms with Gasteiger partial charge in [0.1, 0.15) is 5.01 Å². The number of hydrogen-bond donors (Lipinski definition) is 2. The summed E-state index contributed by atoms with van der Waals surface area (Å²) < 4.78 is 0. The Bertz CT molecular complexity index is 684. The van der Waals surface area contributed by atoms with Gasteiger partial charge in [-0.15, -0.1) is 11.3 Å². The van der Waals surface area contributed by atoms with E-state index in [9.17, 15) is 0 Å². The summed E-state index contributed by atoms with van der Waals surface area (Å²) in [6, 6.07) is 9.67. The number of thiazole rings is 1. The van der Waals surface area contributed by atoms with Crippen LogP contribution in [-0.2, 0) is 19.5 Å². The van der Waals surface area contributed by atoms with Crippen molar-refractivity contribution < 1.29 is 0 Å². The van der Waals surface area contributed by atoms with Crippen LogP contribution in [-0.4, -0.2) is 18.0 Å². The number of nitrogens with one attached hydrogen (secondary N) is 2. The predicted molar refractivity (Wildman–Crippen MR) is 89.7 cm³/mol. The molecule has 2 N–H and O–H groups in total. The number of guanidine groups is 1. The Hall–Kier alpha value is -2.39. The highest BCUT2D eigenvalue weighted by molar-refractivity contribution is 7.11. The second-order valence-electron chi connectivity index (χ2n) is 4.67. The monoisotopic (exact) mass is 313 g/mol. The lowest BCUT2D eigenvalue weighted by molar-refractivity contribution is 0.805. The van der Waals surface area contributed by atoms with E-state index in [-0.39, 0.29) is 0 Å². The van der Waals surface area contributed by atoms with Crippen molar-refractivity contribution in [2.75, 3.05) is 7.05 Å². The van der Waals surface area contributed by atoms with Crippen LogP contribution in [0.3, 0.4) is 0 Å². The summed E-state index contributed by atoms with van der Waals surface area (Å²) in [4.78, 5) is 9.85. The number of nitrogens with zero attached hydrogens (tertiary/aromatic N) is 3. The van der Waals surface area contributed by atoms with Gasteiger partial charge in [0.25, 0.3) is 0 Å². The number of benzene rings is 1. The lowest BCUT2D eigenvalue weighted by Gasteiger charge is -2.11. The van der Waals surface area contributed by atoms with Crippen molar-refractivity contribution in [3.63, 3.8) is 0 Å². The smallest absolute Gasteiger partial charge is 0.191 e. The van der Waals surface area contributed by atoms with Crippen molar-refractivity contribution in [3.8, 4) is 6.07 Å². The molecule has 0 radical (unpaired) electrons. The van der Waals surface area contributed by atoms with E-state index in [0.717, 1.165) is 23.0 Å². The zero-order valence-electron chi connectivity index (χ0n) is 12.8. The first-order valence-electron chi connectivity index (χ1n) is 7.12. The van der Waals surface area contributed by atoms with E-state index in [4.69, 9.17) is 5.26 Å². The molecule has 0 fully saturated rings. The number of aliphatic imine (C=N–C) groups is 1. The fourth-order valence-electron chi connectivity index (χ4n) is 1.91. The van der Waals surface area contributed by atoms with Crippen molar-refractivity contribution in [1.82, 2.24) is 15.6 Å². The van der Waals surface area contributed by atoms with E-state index >= 15 is 0 Å². The average Bonchev–Trinajstić information content (AvgIpc) is 3.03. The van der Waals surface area contributed by atoms with E-state index < -0.39 is 0 Å². The van der Waals surface area contributed by atoms with Gasteiger partial charge in [0, 0.05) is 24.7 Å². The molecule has 0 aliphatic heterocycles. The molecule has 0 aliphatic carbocycles. The molecule has 1 aromatic carbocycles. The van der Waals surface area contributed by atoms with Crippen LogP contribution in [0, 0.1) is 11.3 Å². The summed E-state index contributed by atoms with van der Waals surface area (Å²) in [5, 5.41) is 16.4. The minimum atomic E-state index is 0.618. The Morgan fingerprint density at radius 1 is 1.36 bits per heavy atom. The van der Waals surface area contributed by atoms with Crippen molar-refractivity contribution in [2.24, 2.45) is 4.99 Å². The van der Waals surface area contributed by atoms with Gasteiger partial charge in [-0.25, -0.2) is 4.98 Å². The molecular formula is C16H19N5S. The molecule has 22 heavy (non-hydrogen) atoms. The SMILES string of the molecule is CCc1cnc(CNC(=NC)NCc2cccc(C#N)c2)s1. The maximum absolute atomic E-state index is 8.91. The van der Waals surface area contributed by atoms with Crippen LogP contribution in [0.1, 0.15) is 27.9 Å². The third-order valence-corrected chi connectivity index (χ3v) is 4.24. The highest BCUT2D eigenvalue weighted by Gasteiger charge is 2.03. The van der Waals surface area contributed by atoms with Crippen LogP contribution in [0.15, 0.2) is 35.5 Å². The van der Waals surface area contributed by atoms with Crippen molar-refractivity contribution in [2.45, 2.75) is 26.4 Å². The molecule has 0 amide bonds. The molecule has 0 unspecified atom stereocenters. The van der Waals surface area contributed by atoms with Gasteiger partial charge >= 0.3 is 0 Å². The number of hydrogen-bond acceptors (Lipinski definition) is 4. The molecule has 5 nitrogen and oxygen atoms in total. The summed E-state index contributed by atoms with van der Waals surface area (Å²) in [6.45, 7) is 3.40. The summed E-state index contributed by atoms with van der Waals surface area (Å²) >= 11 is 1.71. The molecule has 1 aromatic heterocycles. The fraction of sp³-hybridized carbons (Fsp3) is 0.312. The van der Waals surface area contributed by atoms with Crippen LogP contribution in [0.25, 0.3) is 0 Å². The van der Waals surface area contributed by atoms with Crippen LogP contribution in [0.4, 0.5) is 0 Å². The molecule has 114 valence electrons. The quantitative estimate of drug-likeness (QED) is 0.657. The van der Waals surface area contributed by atoms with Crippen LogP contribution < -0.4 is 10.6 Å². The molecule has 6 heteroatoms. The molecule has 0 spiro atoms. The minimum Gasteiger partial charge on any atom is -0.352 e. The zero-order valence-corrected chi connectivity index (χ0v) is 13.6. The van der Waals surface area contributed by atoms with E-state index in [1.165, 1.54) is 4.88 Å². The second kappa shape index (κ2) is 8.15. The molecule has 2 aromatic rings. The first-order valence-corrected chi connectivity index (χ1v) is 7.94. The third-order valence-electron chi connectivity index (χ3n) is 3.10. The number of nitriles is 1. The molecule has 0 aliphatic rings. The highest BCUT2D eigenvalue weighted by Crippen LogP contribution is 2.12. The Morgan fingerprint density at radius 2 is 2.18 bits per heavy atom. The van der Waals surface area contributed by atoms with Gasteiger partial charge in [-0.05, 0) is 24.1 Å². The number of rotatable bonds is 5. The van der Waals surface area contributed by atoms with E-state index in [1.807, 2.05) is 24.4 Å². The van der Waals surface area contributed by atoms with Crippen LogP contribution >= 0.6 is 11.3 Å². The van der Waals surface area contributed by atoms with Crippen LogP contribution in [0.2, 0.25) is 0 Å². The number of aryl methyl sites for hydroxylation is 1. The normalized spacial score (nSPS) is 11.0. The van der Waals surface area contributed by atoms with Gasteiger partial charge in [-0.1, -0.05) is 19.1 Å². The highest BCUT2D eigenvalue weighted by atomic mass is 32.1. The second-order valence-corrected chi connectivity index (χ2v) is 5.87. The van der Waals surface area contributed by atoms with Gasteiger partial charge in [0.05, 0.1) is 18.2 Å². The Kier molecular flexibility index (Phi) is 5.92. The lowest BCUT2D eigenvalue weighted by atomic mass is 10.1. The molecule has 0 atom stereocenters. The van der Waals surface area contributed by atoms with E-state index in [1.54, 1.807) is 24.5 Å². The molecular weight excluding hydrogens is 294 g/mol. The molecule has 0 bridgehead atoms. The van der Waals surface area contributed by atoms with E-state index in [2.05, 4.69) is 33.6 Å². The van der Waals surface area contributed by atoms with E-state index in [0.29, 0.717) is 18.7 Å². The topological polar surface area (TPSA) is 73.1 Å². The predicted octanol–water partition coefficient (Wildman–Crippen LogP) is 2.44. The summed E-state index contributed by atoms with van der Waals surface area (Å²) in [7, 11) is 1.74. The Balaban J connectivity index is 1.86. The lowest BCUT2D eigenvalue weighted by Crippen LogP contribution is -2.36. The maximum atomic E-state index is 8.91. The Labute approximate surface area is 134 Å².